The molecule has 17 heavy (non-hydrogen) atoms. The third-order valence-electron chi connectivity index (χ3n) is 3.96. The zero-order valence-electron chi connectivity index (χ0n) is 10.7. The molecule has 4 nitrogen and oxygen atoms in total. The summed E-state index contributed by atoms with van der Waals surface area (Å²) in [6, 6.07) is 0.266. The average molecular weight is 240 g/mol. The number of nitrogens with zero attached hydrogens (tertiary/aromatic N) is 1. The summed E-state index contributed by atoms with van der Waals surface area (Å²) >= 11 is 0. The minimum Gasteiger partial charge on any atom is -0.480 e. The fraction of sp³-hybridized carbons (Fsp3) is 0.923. The van der Waals surface area contributed by atoms with Gasteiger partial charge in [-0.05, 0) is 51.1 Å². The smallest absolute Gasteiger partial charge is 0.320 e. The second kappa shape index (κ2) is 5.83. The van der Waals surface area contributed by atoms with E-state index in [9.17, 15) is 9.90 Å². The lowest BCUT2D eigenvalue weighted by Gasteiger charge is -2.33. The highest BCUT2D eigenvalue weighted by atomic mass is 16.4. The number of hydrogen-bond donors (Lipinski definition) is 2. The molecule has 1 aliphatic carbocycles. The van der Waals surface area contributed by atoms with E-state index >= 15 is 0 Å². The number of carbonyl (C=O) groups is 1. The van der Waals surface area contributed by atoms with Crippen LogP contribution in [0.1, 0.15) is 39.0 Å². The first-order chi connectivity index (χ1) is 8.22. The zero-order valence-corrected chi connectivity index (χ0v) is 10.7. The van der Waals surface area contributed by atoms with E-state index in [2.05, 4.69) is 10.2 Å². The summed E-state index contributed by atoms with van der Waals surface area (Å²) in [6.45, 7) is 5.12. The Hall–Kier alpha value is -0.610. The number of aliphatic carboxylic acids is 1. The minimum atomic E-state index is -0.650. The molecule has 0 radical (unpaired) electrons. The highest BCUT2D eigenvalue weighted by molar-refractivity contribution is 5.73. The van der Waals surface area contributed by atoms with Gasteiger partial charge in [-0.3, -0.25) is 9.69 Å². The predicted octanol–water partition coefficient (Wildman–Crippen LogP) is 1.31. The Morgan fingerprint density at radius 2 is 2.24 bits per heavy atom. The quantitative estimate of drug-likeness (QED) is 0.735. The van der Waals surface area contributed by atoms with Crippen molar-refractivity contribution in [3.05, 3.63) is 0 Å². The molecule has 2 atom stereocenters. The van der Waals surface area contributed by atoms with Gasteiger partial charge in [0.1, 0.15) is 6.04 Å². The number of carboxylic acid groups (broad SMARTS) is 1. The topological polar surface area (TPSA) is 52.6 Å². The number of piperidine rings is 1. The highest BCUT2D eigenvalue weighted by Gasteiger charge is 2.37. The van der Waals surface area contributed by atoms with Crippen LogP contribution >= 0.6 is 0 Å². The van der Waals surface area contributed by atoms with E-state index in [4.69, 9.17) is 0 Å². The van der Waals surface area contributed by atoms with Crippen molar-refractivity contribution in [1.82, 2.24) is 10.2 Å². The summed E-state index contributed by atoms with van der Waals surface area (Å²) < 4.78 is 0. The molecular formula is C13H24N2O2. The van der Waals surface area contributed by atoms with Crippen LogP contribution in [-0.2, 0) is 4.79 Å². The first kappa shape index (κ1) is 12.8. The van der Waals surface area contributed by atoms with Crippen LogP contribution in [0.15, 0.2) is 0 Å². The van der Waals surface area contributed by atoms with E-state index in [0.29, 0.717) is 18.4 Å². The molecular weight excluding hydrogens is 216 g/mol. The molecule has 1 saturated carbocycles. The molecule has 2 unspecified atom stereocenters. The molecule has 98 valence electrons. The third-order valence-corrected chi connectivity index (χ3v) is 3.96. The van der Waals surface area contributed by atoms with Crippen LogP contribution in [0.25, 0.3) is 0 Å². The largest absolute Gasteiger partial charge is 0.480 e. The van der Waals surface area contributed by atoms with Gasteiger partial charge in [0.05, 0.1) is 0 Å². The molecule has 0 aromatic carbocycles. The van der Waals surface area contributed by atoms with Gasteiger partial charge in [-0.2, -0.15) is 0 Å². The van der Waals surface area contributed by atoms with Crippen LogP contribution in [0.5, 0.6) is 0 Å². The first-order valence-electron chi connectivity index (χ1n) is 6.91. The molecule has 2 N–H and O–H groups in total. The number of carboxylic acids is 1. The van der Waals surface area contributed by atoms with Gasteiger partial charge in [0.15, 0.2) is 0 Å². The van der Waals surface area contributed by atoms with Crippen LogP contribution in [0.2, 0.25) is 0 Å². The van der Waals surface area contributed by atoms with Crippen molar-refractivity contribution in [3.8, 4) is 0 Å². The van der Waals surface area contributed by atoms with E-state index in [1.165, 1.54) is 25.7 Å². The Bertz CT molecular complexity index is 260. The molecule has 0 aromatic rings. The Morgan fingerprint density at radius 3 is 2.71 bits per heavy atom. The van der Waals surface area contributed by atoms with Crippen LogP contribution < -0.4 is 5.32 Å². The summed E-state index contributed by atoms with van der Waals surface area (Å²) in [7, 11) is 0. The van der Waals surface area contributed by atoms with E-state index < -0.39 is 5.97 Å². The molecule has 1 aliphatic heterocycles. The second-order valence-corrected chi connectivity index (χ2v) is 5.40. The van der Waals surface area contributed by atoms with E-state index in [-0.39, 0.29) is 6.04 Å². The minimum absolute atomic E-state index is 0.274. The van der Waals surface area contributed by atoms with Gasteiger partial charge in [-0.1, -0.05) is 6.92 Å². The summed E-state index contributed by atoms with van der Waals surface area (Å²) in [6.07, 6.45) is 5.55. The van der Waals surface area contributed by atoms with Crippen molar-refractivity contribution in [2.75, 3.05) is 19.6 Å². The van der Waals surface area contributed by atoms with Gasteiger partial charge in [0.2, 0.25) is 0 Å². The Balaban J connectivity index is 1.93. The molecule has 2 aliphatic rings. The standard InChI is InChI=1S/C13H24N2O2/c1-2-12(13(16)17)15(11-5-6-11)9-10-4-3-7-14-8-10/h10-12,14H,2-9H2,1H3,(H,16,17). The molecule has 2 fully saturated rings. The fourth-order valence-corrected chi connectivity index (χ4v) is 2.87. The third kappa shape index (κ3) is 3.42. The molecule has 1 saturated heterocycles. The van der Waals surface area contributed by atoms with Gasteiger partial charge >= 0.3 is 5.97 Å². The zero-order chi connectivity index (χ0) is 12.3. The monoisotopic (exact) mass is 240 g/mol. The summed E-state index contributed by atoms with van der Waals surface area (Å²) in [5.41, 5.74) is 0. The van der Waals surface area contributed by atoms with Crippen molar-refractivity contribution in [2.45, 2.75) is 51.1 Å². The average Bonchev–Trinajstić information content (AvgIpc) is 3.13. The predicted molar refractivity (Wildman–Crippen MR) is 67.0 cm³/mol. The maximum atomic E-state index is 11.3. The van der Waals surface area contributed by atoms with Crippen LogP contribution in [0.3, 0.4) is 0 Å². The van der Waals surface area contributed by atoms with Gasteiger partial charge in [-0.25, -0.2) is 0 Å². The van der Waals surface area contributed by atoms with Gasteiger partial charge in [0, 0.05) is 12.6 Å². The molecule has 1 heterocycles. The molecule has 0 amide bonds. The molecule has 0 spiro atoms. The first-order valence-corrected chi connectivity index (χ1v) is 6.91. The molecule has 4 heteroatoms. The van der Waals surface area contributed by atoms with Crippen molar-refractivity contribution in [2.24, 2.45) is 5.92 Å². The van der Waals surface area contributed by atoms with Gasteiger partial charge in [-0.15, -0.1) is 0 Å². The number of rotatable bonds is 6. The lowest BCUT2D eigenvalue weighted by molar-refractivity contribution is -0.144. The van der Waals surface area contributed by atoms with Crippen molar-refractivity contribution in [3.63, 3.8) is 0 Å². The number of nitrogens with one attached hydrogen (secondary N) is 1. The van der Waals surface area contributed by atoms with Gasteiger partial charge in [0.25, 0.3) is 0 Å². The Kier molecular flexibility index (Phi) is 4.40. The maximum Gasteiger partial charge on any atom is 0.320 e. The van der Waals surface area contributed by atoms with E-state index in [1.807, 2.05) is 6.92 Å². The molecule has 2 rings (SSSR count). The summed E-state index contributed by atoms with van der Waals surface area (Å²) in [5.74, 6) is -0.0130. The summed E-state index contributed by atoms with van der Waals surface area (Å²) in [4.78, 5) is 13.5. The maximum absolute atomic E-state index is 11.3. The van der Waals surface area contributed by atoms with Crippen LogP contribution in [0.4, 0.5) is 0 Å². The molecule has 0 bridgehead atoms. The normalized spacial score (nSPS) is 27.1. The SMILES string of the molecule is CCC(C(=O)O)N(CC1CCCNC1)C1CC1. The number of hydrogen-bond acceptors (Lipinski definition) is 3. The van der Waals surface area contributed by atoms with Crippen LogP contribution in [-0.4, -0.2) is 47.7 Å². The highest BCUT2D eigenvalue weighted by Crippen LogP contribution is 2.31. The lowest BCUT2D eigenvalue weighted by Crippen LogP contribution is -2.47. The second-order valence-electron chi connectivity index (χ2n) is 5.40. The van der Waals surface area contributed by atoms with Crippen molar-refractivity contribution in [1.29, 1.82) is 0 Å². The van der Waals surface area contributed by atoms with E-state index in [1.54, 1.807) is 0 Å². The van der Waals surface area contributed by atoms with Crippen molar-refractivity contribution >= 4 is 5.97 Å². The van der Waals surface area contributed by atoms with Gasteiger partial charge < -0.3 is 10.4 Å². The van der Waals surface area contributed by atoms with E-state index in [0.717, 1.165) is 19.6 Å². The summed E-state index contributed by atoms with van der Waals surface area (Å²) in [5, 5.41) is 12.7. The fourth-order valence-electron chi connectivity index (χ4n) is 2.87. The lowest BCUT2D eigenvalue weighted by atomic mass is 9.98. The van der Waals surface area contributed by atoms with Crippen molar-refractivity contribution < 1.29 is 9.90 Å². The van der Waals surface area contributed by atoms with Crippen LogP contribution in [0, 0.1) is 5.92 Å². The Labute approximate surface area is 103 Å². The Morgan fingerprint density at radius 1 is 1.47 bits per heavy atom. The molecule has 0 aromatic heterocycles.